The summed E-state index contributed by atoms with van der Waals surface area (Å²) < 4.78 is 13.1. The van der Waals surface area contributed by atoms with Crippen molar-refractivity contribution in [1.82, 2.24) is 4.90 Å². The third-order valence-electron chi connectivity index (χ3n) is 2.67. The van der Waals surface area contributed by atoms with Gasteiger partial charge in [0.25, 0.3) is 0 Å². The van der Waals surface area contributed by atoms with E-state index in [1.165, 1.54) is 18.2 Å². The molecule has 0 N–H and O–H groups in total. The van der Waals surface area contributed by atoms with Gasteiger partial charge >= 0.3 is 0 Å². The predicted molar refractivity (Wildman–Crippen MR) is 55.9 cm³/mol. The van der Waals surface area contributed by atoms with E-state index in [0.29, 0.717) is 5.56 Å². The van der Waals surface area contributed by atoms with Gasteiger partial charge in [-0.2, -0.15) is 5.26 Å². The molecule has 5 heteroatoms. The van der Waals surface area contributed by atoms with Crippen molar-refractivity contribution in [3.8, 4) is 6.07 Å². The van der Waals surface area contributed by atoms with Crippen molar-refractivity contribution in [1.29, 1.82) is 5.26 Å². The van der Waals surface area contributed by atoms with Gasteiger partial charge < -0.3 is 0 Å². The van der Waals surface area contributed by atoms with Crippen LogP contribution in [-0.4, -0.2) is 16.7 Å². The molecule has 4 nitrogen and oxygen atoms in total. The smallest absolute Gasteiger partial charge is 0.229 e. The van der Waals surface area contributed by atoms with E-state index >= 15 is 0 Å². The zero-order chi connectivity index (χ0) is 12.4. The Bertz CT molecular complexity index is 518. The summed E-state index contributed by atoms with van der Waals surface area (Å²) in [5.41, 5.74) is 0.634. The van der Waals surface area contributed by atoms with Crippen molar-refractivity contribution in [2.24, 2.45) is 0 Å². The van der Waals surface area contributed by atoms with Crippen molar-refractivity contribution >= 4 is 11.8 Å². The molecule has 0 bridgehead atoms. The molecular weight excluding hydrogens is 223 g/mol. The molecular formula is C12H9FN2O2. The highest BCUT2D eigenvalue weighted by atomic mass is 19.1. The number of hydrogen-bond donors (Lipinski definition) is 0. The van der Waals surface area contributed by atoms with Gasteiger partial charge in [-0.15, -0.1) is 0 Å². The molecule has 2 amide bonds. The van der Waals surface area contributed by atoms with E-state index in [4.69, 9.17) is 5.26 Å². The fourth-order valence-electron chi connectivity index (χ4n) is 1.77. The van der Waals surface area contributed by atoms with Crippen LogP contribution in [0.15, 0.2) is 18.2 Å². The molecule has 0 radical (unpaired) electrons. The van der Waals surface area contributed by atoms with Crippen molar-refractivity contribution in [2.75, 3.05) is 0 Å². The lowest BCUT2D eigenvalue weighted by atomic mass is 10.1. The van der Waals surface area contributed by atoms with E-state index < -0.39 is 5.82 Å². The summed E-state index contributed by atoms with van der Waals surface area (Å²) in [4.78, 5) is 23.9. The lowest BCUT2D eigenvalue weighted by Gasteiger charge is -2.14. The maximum Gasteiger partial charge on any atom is 0.229 e. The van der Waals surface area contributed by atoms with E-state index in [1.54, 1.807) is 0 Å². The number of halogens is 1. The van der Waals surface area contributed by atoms with Crippen LogP contribution in [0.5, 0.6) is 0 Å². The van der Waals surface area contributed by atoms with Gasteiger partial charge in [0.2, 0.25) is 11.8 Å². The van der Waals surface area contributed by atoms with E-state index in [9.17, 15) is 14.0 Å². The lowest BCUT2D eigenvalue weighted by molar-refractivity contribution is -0.139. The fourth-order valence-corrected chi connectivity index (χ4v) is 1.77. The largest absolute Gasteiger partial charge is 0.278 e. The summed E-state index contributed by atoms with van der Waals surface area (Å²) in [6.45, 7) is -0.0294. The van der Waals surface area contributed by atoms with Crippen LogP contribution in [0.1, 0.15) is 24.0 Å². The highest BCUT2D eigenvalue weighted by molar-refractivity contribution is 6.01. The molecule has 0 aromatic heterocycles. The second-order valence-corrected chi connectivity index (χ2v) is 3.79. The Morgan fingerprint density at radius 3 is 2.53 bits per heavy atom. The van der Waals surface area contributed by atoms with Crippen LogP contribution in [0.2, 0.25) is 0 Å². The van der Waals surface area contributed by atoms with Gasteiger partial charge in [0, 0.05) is 12.8 Å². The summed E-state index contributed by atoms with van der Waals surface area (Å²) in [6, 6.07) is 5.61. The van der Waals surface area contributed by atoms with Crippen molar-refractivity contribution < 1.29 is 14.0 Å². The number of benzene rings is 1. The quantitative estimate of drug-likeness (QED) is 0.723. The Balaban J connectivity index is 2.30. The predicted octanol–water partition coefficient (Wildman–Crippen LogP) is 1.35. The highest BCUT2D eigenvalue weighted by Gasteiger charge is 2.29. The minimum atomic E-state index is -0.488. The van der Waals surface area contributed by atoms with E-state index in [-0.39, 0.29) is 36.8 Å². The molecule has 1 fully saturated rings. The first kappa shape index (κ1) is 11.3. The molecule has 17 heavy (non-hydrogen) atoms. The van der Waals surface area contributed by atoms with Crippen molar-refractivity contribution in [2.45, 2.75) is 19.4 Å². The summed E-state index contributed by atoms with van der Waals surface area (Å²) in [6.07, 6.45) is 0.381. The minimum Gasteiger partial charge on any atom is -0.278 e. The van der Waals surface area contributed by atoms with Gasteiger partial charge in [0.05, 0.1) is 18.2 Å². The molecule has 0 unspecified atom stereocenters. The van der Waals surface area contributed by atoms with Gasteiger partial charge in [0.15, 0.2) is 0 Å². The zero-order valence-electron chi connectivity index (χ0n) is 8.94. The second-order valence-electron chi connectivity index (χ2n) is 3.79. The third-order valence-corrected chi connectivity index (χ3v) is 2.67. The Morgan fingerprint density at radius 2 is 1.94 bits per heavy atom. The molecule has 0 aliphatic carbocycles. The molecule has 1 heterocycles. The maximum atomic E-state index is 13.1. The number of likely N-dealkylation sites (tertiary alicyclic amines) is 1. The highest BCUT2D eigenvalue weighted by Crippen LogP contribution is 2.18. The first-order valence-corrected chi connectivity index (χ1v) is 5.13. The molecule has 1 aromatic rings. The van der Waals surface area contributed by atoms with Gasteiger partial charge in [-0.1, -0.05) is 0 Å². The maximum absolute atomic E-state index is 13.1. The van der Waals surface area contributed by atoms with Crippen LogP contribution < -0.4 is 0 Å². The van der Waals surface area contributed by atoms with Gasteiger partial charge in [-0.05, 0) is 23.8 Å². The van der Waals surface area contributed by atoms with Gasteiger partial charge in [-0.25, -0.2) is 4.39 Å². The van der Waals surface area contributed by atoms with Gasteiger partial charge in [-0.3, -0.25) is 14.5 Å². The second kappa shape index (κ2) is 4.34. The summed E-state index contributed by atoms with van der Waals surface area (Å²) in [7, 11) is 0. The monoisotopic (exact) mass is 232 g/mol. The molecule has 1 aliphatic heterocycles. The van der Waals surface area contributed by atoms with Crippen LogP contribution in [-0.2, 0) is 16.1 Å². The normalized spacial score (nSPS) is 15.2. The van der Waals surface area contributed by atoms with Gasteiger partial charge in [0.1, 0.15) is 5.82 Å². The van der Waals surface area contributed by atoms with Crippen LogP contribution in [0.25, 0.3) is 0 Å². The summed E-state index contributed by atoms with van der Waals surface area (Å²) in [5, 5.41) is 8.85. The Kier molecular flexibility index (Phi) is 2.88. The number of nitriles is 1. The number of nitrogens with zero attached hydrogens (tertiary/aromatic N) is 2. The average molecular weight is 232 g/mol. The van der Waals surface area contributed by atoms with Crippen LogP contribution in [0.4, 0.5) is 4.39 Å². The number of imide groups is 1. The molecule has 0 saturated carbocycles. The number of carbonyl (C=O) groups is 2. The fraction of sp³-hybridized carbons (Fsp3) is 0.250. The van der Waals surface area contributed by atoms with E-state index in [0.717, 1.165) is 4.90 Å². The number of rotatable bonds is 2. The molecule has 0 atom stereocenters. The Hall–Kier alpha value is -2.22. The average Bonchev–Trinajstić information content (AvgIpc) is 2.61. The third kappa shape index (κ3) is 2.16. The topological polar surface area (TPSA) is 61.2 Å². The lowest BCUT2D eigenvalue weighted by Crippen LogP contribution is -2.28. The van der Waals surface area contributed by atoms with Crippen LogP contribution >= 0.6 is 0 Å². The first-order chi connectivity index (χ1) is 8.11. The number of hydrogen-bond acceptors (Lipinski definition) is 3. The first-order valence-electron chi connectivity index (χ1n) is 5.13. The number of amides is 2. The van der Waals surface area contributed by atoms with E-state index in [2.05, 4.69) is 0 Å². The molecule has 2 rings (SSSR count). The summed E-state index contributed by atoms with van der Waals surface area (Å²) >= 11 is 0. The molecule has 1 aliphatic rings. The SMILES string of the molecule is N#Cc1ccc(F)cc1CN1C(=O)CCC1=O. The Labute approximate surface area is 97.3 Å². The molecule has 0 spiro atoms. The minimum absolute atomic E-state index is 0.0294. The standard InChI is InChI=1S/C12H9FN2O2/c13-10-2-1-8(6-14)9(5-10)7-15-11(16)3-4-12(15)17/h1-2,5H,3-4,7H2. The number of carbonyl (C=O) groups excluding carboxylic acids is 2. The van der Waals surface area contributed by atoms with Crippen molar-refractivity contribution in [3.63, 3.8) is 0 Å². The Morgan fingerprint density at radius 1 is 1.29 bits per heavy atom. The van der Waals surface area contributed by atoms with Crippen molar-refractivity contribution in [3.05, 3.63) is 35.1 Å². The molecule has 1 aromatic carbocycles. The zero-order valence-corrected chi connectivity index (χ0v) is 8.94. The van der Waals surface area contributed by atoms with Crippen LogP contribution in [0.3, 0.4) is 0 Å². The summed E-state index contributed by atoms with van der Waals surface area (Å²) in [5.74, 6) is -1.04. The molecule has 1 saturated heterocycles. The molecule has 86 valence electrons. The van der Waals surface area contributed by atoms with E-state index in [1.807, 2.05) is 6.07 Å². The van der Waals surface area contributed by atoms with Crippen LogP contribution in [0, 0.1) is 17.1 Å².